The van der Waals surface area contributed by atoms with Crippen molar-refractivity contribution < 1.29 is 14.3 Å². The molecule has 2 aliphatic rings. The maximum atomic E-state index is 12.2. The number of carbonyl (C=O) groups is 1. The maximum Gasteiger partial charge on any atom is 0.251 e. The minimum Gasteiger partial charge on any atom is -0.454 e. The summed E-state index contributed by atoms with van der Waals surface area (Å²) in [5, 5.41) is 3.03. The molecule has 0 spiro atoms. The number of rotatable bonds is 4. The molecule has 1 fully saturated rings. The number of amides is 1. The Morgan fingerprint density at radius 2 is 1.95 bits per heavy atom. The fourth-order valence-electron chi connectivity index (χ4n) is 3.12. The van der Waals surface area contributed by atoms with Crippen LogP contribution in [0.15, 0.2) is 18.2 Å². The van der Waals surface area contributed by atoms with E-state index in [4.69, 9.17) is 21.1 Å². The van der Waals surface area contributed by atoms with Gasteiger partial charge in [0.1, 0.15) is 0 Å². The lowest BCUT2D eigenvalue weighted by Gasteiger charge is -2.30. The van der Waals surface area contributed by atoms with E-state index in [0.29, 0.717) is 41.3 Å². The van der Waals surface area contributed by atoms with Crippen LogP contribution in [0.2, 0.25) is 0 Å². The summed E-state index contributed by atoms with van der Waals surface area (Å²) in [6.45, 7) is 0.921. The zero-order valence-electron chi connectivity index (χ0n) is 11.9. The van der Waals surface area contributed by atoms with Crippen LogP contribution >= 0.6 is 11.6 Å². The largest absolute Gasteiger partial charge is 0.454 e. The van der Waals surface area contributed by atoms with Crippen molar-refractivity contribution in [3.8, 4) is 11.5 Å². The second kappa shape index (κ2) is 6.56. The minimum absolute atomic E-state index is 0.0628. The molecule has 21 heavy (non-hydrogen) atoms. The highest BCUT2D eigenvalue weighted by Gasteiger charge is 2.25. The lowest BCUT2D eigenvalue weighted by atomic mass is 9.80. The van der Waals surface area contributed by atoms with Gasteiger partial charge in [-0.1, -0.05) is 12.8 Å². The van der Waals surface area contributed by atoms with Gasteiger partial charge in [0, 0.05) is 18.0 Å². The maximum absolute atomic E-state index is 12.2. The van der Waals surface area contributed by atoms with Crippen LogP contribution in [0.4, 0.5) is 0 Å². The van der Waals surface area contributed by atoms with Crippen molar-refractivity contribution in [2.75, 3.05) is 19.2 Å². The van der Waals surface area contributed by atoms with Crippen molar-refractivity contribution in [2.24, 2.45) is 11.8 Å². The van der Waals surface area contributed by atoms with E-state index in [1.165, 1.54) is 19.3 Å². The van der Waals surface area contributed by atoms with Crippen LogP contribution in [-0.2, 0) is 0 Å². The van der Waals surface area contributed by atoms with E-state index in [1.54, 1.807) is 18.2 Å². The molecule has 114 valence electrons. The van der Waals surface area contributed by atoms with E-state index in [0.717, 1.165) is 6.42 Å². The van der Waals surface area contributed by atoms with E-state index in [1.807, 2.05) is 0 Å². The molecule has 1 saturated carbocycles. The number of carbonyl (C=O) groups excluding carboxylic acids is 1. The highest BCUT2D eigenvalue weighted by molar-refractivity contribution is 6.18. The van der Waals surface area contributed by atoms with E-state index in [-0.39, 0.29) is 12.7 Å². The van der Waals surface area contributed by atoms with Gasteiger partial charge in [-0.25, -0.2) is 0 Å². The second-order valence-corrected chi connectivity index (χ2v) is 6.05. The number of hydrogen-bond acceptors (Lipinski definition) is 3. The van der Waals surface area contributed by atoms with Crippen LogP contribution in [0.3, 0.4) is 0 Å². The molecule has 0 radical (unpaired) electrons. The Kier molecular flexibility index (Phi) is 4.54. The van der Waals surface area contributed by atoms with Crippen LogP contribution in [0.25, 0.3) is 0 Å². The molecule has 1 heterocycles. The number of hydrogen-bond donors (Lipinski definition) is 1. The number of ether oxygens (including phenoxy) is 2. The lowest BCUT2D eigenvalue weighted by molar-refractivity contribution is 0.0936. The van der Waals surface area contributed by atoms with Gasteiger partial charge in [0.2, 0.25) is 6.79 Å². The molecule has 1 aliphatic heterocycles. The lowest BCUT2D eigenvalue weighted by Crippen LogP contribution is -2.34. The molecule has 0 aromatic heterocycles. The molecular formula is C16H20ClNO3. The summed E-state index contributed by atoms with van der Waals surface area (Å²) in [5.74, 6) is 2.98. The number of halogens is 1. The van der Waals surface area contributed by atoms with Crippen LogP contribution in [0.1, 0.15) is 36.0 Å². The summed E-state index contributed by atoms with van der Waals surface area (Å²) in [5.41, 5.74) is 0.609. The number of alkyl halides is 1. The van der Waals surface area contributed by atoms with E-state index >= 15 is 0 Å². The van der Waals surface area contributed by atoms with Gasteiger partial charge in [-0.05, 0) is 42.9 Å². The van der Waals surface area contributed by atoms with Crippen molar-refractivity contribution in [1.29, 1.82) is 0 Å². The van der Waals surface area contributed by atoms with E-state index < -0.39 is 0 Å². The normalized spacial score (nSPS) is 23.9. The molecule has 4 nitrogen and oxygen atoms in total. The fraction of sp³-hybridized carbons (Fsp3) is 0.562. The zero-order chi connectivity index (χ0) is 14.7. The molecule has 3 rings (SSSR count). The molecule has 2 unspecified atom stereocenters. The summed E-state index contributed by atoms with van der Waals surface area (Å²) in [7, 11) is 0. The molecule has 1 amide bonds. The third kappa shape index (κ3) is 3.26. The summed E-state index contributed by atoms with van der Waals surface area (Å²) < 4.78 is 10.5. The molecule has 1 N–H and O–H groups in total. The van der Waals surface area contributed by atoms with Crippen LogP contribution in [-0.4, -0.2) is 25.1 Å². The molecule has 1 aliphatic carbocycles. The van der Waals surface area contributed by atoms with E-state index in [9.17, 15) is 4.79 Å². The number of benzene rings is 1. The molecule has 1 aromatic rings. The van der Waals surface area contributed by atoms with Gasteiger partial charge >= 0.3 is 0 Å². The first-order valence-electron chi connectivity index (χ1n) is 7.51. The van der Waals surface area contributed by atoms with Gasteiger partial charge in [-0.2, -0.15) is 0 Å². The van der Waals surface area contributed by atoms with Gasteiger partial charge in [-0.15, -0.1) is 11.6 Å². The average molecular weight is 310 g/mol. The SMILES string of the molecule is O=C(NCC1CCCCC1CCl)c1ccc2c(c1)OCO2. The topological polar surface area (TPSA) is 47.6 Å². The molecule has 2 atom stereocenters. The Morgan fingerprint density at radius 1 is 1.19 bits per heavy atom. The highest BCUT2D eigenvalue weighted by Crippen LogP contribution is 2.33. The van der Waals surface area contributed by atoms with Crippen molar-refractivity contribution in [3.05, 3.63) is 23.8 Å². The first-order chi connectivity index (χ1) is 10.3. The van der Waals surface area contributed by atoms with E-state index in [2.05, 4.69) is 5.32 Å². The monoisotopic (exact) mass is 309 g/mol. The molecule has 0 bridgehead atoms. The van der Waals surface area contributed by atoms with Crippen LogP contribution in [0.5, 0.6) is 11.5 Å². The zero-order valence-corrected chi connectivity index (χ0v) is 12.7. The summed E-state index contributed by atoms with van der Waals surface area (Å²) >= 11 is 6.03. The summed E-state index contributed by atoms with van der Waals surface area (Å²) in [6.07, 6.45) is 4.81. The predicted molar refractivity (Wildman–Crippen MR) is 81.1 cm³/mol. The second-order valence-electron chi connectivity index (χ2n) is 5.74. The first kappa shape index (κ1) is 14.5. The highest BCUT2D eigenvalue weighted by atomic mass is 35.5. The van der Waals surface area contributed by atoms with Gasteiger partial charge in [0.25, 0.3) is 5.91 Å². The van der Waals surface area contributed by atoms with Crippen molar-refractivity contribution >= 4 is 17.5 Å². The smallest absolute Gasteiger partial charge is 0.251 e. The molecular weight excluding hydrogens is 290 g/mol. The predicted octanol–water partition coefficient (Wildman–Crippen LogP) is 3.19. The Morgan fingerprint density at radius 3 is 2.76 bits per heavy atom. The van der Waals surface area contributed by atoms with Crippen molar-refractivity contribution in [3.63, 3.8) is 0 Å². The number of fused-ring (bicyclic) bond motifs is 1. The van der Waals surface area contributed by atoms with Crippen molar-refractivity contribution in [1.82, 2.24) is 5.32 Å². The van der Waals surface area contributed by atoms with Crippen molar-refractivity contribution in [2.45, 2.75) is 25.7 Å². The summed E-state index contributed by atoms with van der Waals surface area (Å²) in [4.78, 5) is 12.2. The fourth-order valence-corrected chi connectivity index (χ4v) is 3.53. The van der Waals surface area contributed by atoms with Gasteiger partial charge < -0.3 is 14.8 Å². The number of nitrogens with one attached hydrogen (secondary N) is 1. The molecule has 0 saturated heterocycles. The quantitative estimate of drug-likeness (QED) is 0.869. The van der Waals surface area contributed by atoms with Gasteiger partial charge in [-0.3, -0.25) is 4.79 Å². The van der Waals surface area contributed by atoms with Crippen LogP contribution in [0, 0.1) is 11.8 Å². The standard InChI is InChI=1S/C16H20ClNO3/c17-8-12-3-1-2-4-13(12)9-18-16(19)11-5-6-14-15(7-11)21-10-20-14/h5-7,12-13H,1-4,8-10H2,(H,18,19). The Bertz CT molecular complexity index is 520. The summed E-state index contributed by atoms with van der Waals surface area (Å²) in [6, 6.07) is 5.28. The van der Waals surface area contributed by atoms with Gasteiger partial charge in [0.05, 0.1) is 0 Å². The average Bonchev–Trinajstić information content (AvgIpc) is 3.00. The molecule has 5 heteroatoms. The van der Waals surface area contributed by atoms with Gasteiger partial charge in [0.15, 0.2) is 11.5 Å². The minimum atomic E-state index is -0.0628. The Balaban J connectivity index is 1.58. The Labute approximate surface area is 129 Å². The third-order valence-electron chi connectivity index (χ3n) is 4.42. The molecule has 1 aromatic carbocycles. The Hall–Kier alpha value is -1.42. The third-order valence-corrected chi connectivity index (χ3v) is 4.82. The van der Waals surface area contributed by atoms with Crippen LogP contribution < -0.4 is 14.8 Å². The first-order valence-corrected chi connectivity index (χ1v) is 8.05.